The number of nitrogens with one attached hydrogen (secondary N) is 1. The summed E-state index contributed by atoms with van der Waals surface area (Å²) < 4.78 is 1.87. The second kappa shape index (κ2) is 4.20. The molecular weight excluding hydrogens is 238 g/mol. The summed E-state index contributed by atoms with van der Waals surface area (Å²) in [6.07, 6.45) is 4.62. The van der Waals surface area contributed by atoms with Crippen LogP contribution in [0, 0.1) is 12.8 Å². The lowest BCUT2D eigenvalue weighted by atomic mass is 9.94. The molecular formula is C14H19N5. The van der Waals surface area contributed by atoms with Gasteiger partial charge < -0.3 is 10.2 Å². The quantitative estimate of drug-likeness (QED) is 0.834. The number of hydrogen-bond acceptors (Lipinski definition) is 4. The van der Waals surface area contributed by atoms with E-state index >= 15 is 0 Å². The Bertz CT molecular complexity index is 591. The highest BCUT2D eigenvalue weighted by atomic mass is 15.4. The van der Waals surface area contributed by atoms with Gasteiger partial charge in [0.1, 0.15) is 0 Å². The first-order valence-electron chi connectivity index (χ1n) is 7.11. The maximum Gasteiger partial charge on any atom is 0.245 e. The van der Waals surface area contributed by atoms with Crippen LogP contribution in [0.2, 0.25) is 0 Å². The van der Waals surface area contributed by atoms with Crippen molar-refractivity contribution in [1.82, 2.24) is 19.9 Å². The molecule has 2 aliphatic rings. The van der Waals surface area contributed by atoms with Gasteiger partial charge in [0.05, 0.1) is 0 Å². The zero-order valence-corrected chi connectivity index (χ0v) is 11.2. The minimum atomic E-state index is 0.627. The van der Waals surface area contributed by atoms with E-state index in [1.54, 1.807) is 0 Å². The molecule has 4 heterocycles. The average molecular weight is 257 g/mol. The first kappa shape index (κ1) is 11.2. The highest BCUT2D eigenvalue weighted by Gasteiger charge is 2.35. The van der Waals surface area contributed by atoms with Crippen LogP contribution in [0.5, 0.6) is 0 Å². The number of rotatable bonds is 1. The van der Waals surface area contributed by atoms with Gasteiger partial charge in [-0.05, 0) is 49.9 Å². The number of hydrogen-bond donors (Lipinski definition) is 1. The molecule has 0 bridgehead atoms. The zero-order chi connectivity index (χ0) is 12.8. The standard InChI is InChI=1S/C14H19N5/c1-10-4-6-19-13(7-10)16-14(17-19)18-8-11-3-2-5-15-12(11)9-18/h4,6-7,11-12,15H,2-3,5,8-9H2,1H3. The first-order valence-corrected chi connectivity index (χ1v) is 7.11. The van der Waals surface area contributed by atoms with Gasteiger partial charge in [0.25, 0.3) is 0 Å². The Labute approximate surface area is 112 Å². The zero-order valence-electron chi connectivity index (χ0n) is 11.2. The summed E-state index contributed by atoms with van der Waals surface area (Å²) in [5, 5.41) is 8.22. The summed E-state index contributed by atoms with van der Waals surface area (Å²) in [6.45, 7) is 5.38. The lowest BCUT2D eigenvalue weighted by Crippen LogP contribution is -2.40. The van der Waals surface area contributed by atoms with Crippen LogP contribution in [-0.4, -0.2) is 40.3 Å². The third-order valence-electron chi connectivity index (χ3n) is 4.36. The molecule has 2 atom stereocenters. The number of pyridine rings is 1. The van der Waals surface area contributed by atoms with Crippen molar-refractivity contribution in [2.24, 2.45) is 5.92 Å². The predicted molar refractivity (Wildman–Crippen MR) is 74.5 cm³/mol. The molecule has 0 aromatic carbocycles. The second-order valence-electron chi connectivity index (χ2n) is 5.79. The van der Waals surface area contributed by atoms with E-state index in [9.17, 15) is 0 Å². The van der Waals surface area contributed by atoms with Gasteiger partial charge in [-0.25, -0.2) is 4.52 Å². The molecule has 5 heteroatoms. The summed E-state index contributed by atoms with van der Waals surface area (Å²) >= 11 is 0. The van der Waals surface area contributed by atoms with Crippen molar-refractivity contribution in [3.63, 3.8) is 0 Å². The fourth-order valence-corrected chi connectivity index (χ4v) is 3.32. The van der Waals surface area contributed by atoms with Crippen molar-refractivity contribution >= 4 is 11.6 Å². The highest BCUT2D eigenvalue weighted by Crippen LogP contribution is 2.27. The molecule has 0 saturated carbocycles. The van der Waals surface area contributed by atoms with E-state index in [4.69, 9.17) is 0 Å². The molecule has 19 heavy (non-hydrogen) atoms. The maximum absolute atomic E-state index is 4.66. The van der Waals surface area contributed by atoms with Crippen LogP contribution in [0.3, 0.4) is 0 Å². The van der Waals surface area contributed by atoms with Crippen LogP contribution in [-0.2, 0) is 0 Å². The third-order valence-corrected chi connectivity index (χ3v) is 4.36. The molecule has 2 aromatic heterocycles. The fraction of sp³-hybridized carbons (Fsp3) is 0.571. The Morgan fingerprint density at radius 2 is 2.32 bits per heavy atom. The lowest BCUT2D eigenvalue weighted by molar-refractivity contribution is 0.340. The predicted octanol–water partition coefficient (Wildman–Crippen LogP) is 1.23. The van der Waals surface area contributed by atoms with E-state index in [1.807, 2.05) is 10.7 Å². The van der Waals surface area contributed by atoms with Crippen LogP contribution in [0.1, 0.15) is 18.4 Å². The summed E-state index contributed by atoms with van der Waals surface area (Å²) in [5.74, 6) is 1.64. The number of anilines is 1. The molecule has 2 aromatic rings. The van der Waals surface area contributed by atoms with Crippen molar-refractivity contribution in [3.8, 4) is 0 Å². The molecule has 2 unspecified atom stereocenters. The molecule has 4 rings (SSSR count). The average Bonchev–Trinajstić information content (AvgIpc) is 3.00. The van der Waals surface area contributed by atoms with Crippen molar-refractivity contribution in [3.05, 3.63) is 23.9 Å². The van der Waals surface area contributed by atoms with Crippen molar-refractivity contribution < 1.29 is 0 Å². The second-order valence-corrected chi connectivity index (χ2v) is 5.79. The van der Waals surface area contributed by atoms with E-state index in [1.165, 1.54) is 18.4 Å². The van der Waals surface area contributed by atoms with E-state index < -0.39 is 0 Å². The minimum absolute atomic E-state index is 0.627. The Morgan fingerprint density at radius 3 is 3.21 bits per heavy atom. The Balaban J connectivity index is 1.64. The monoisotopic (exact) mass is 257 g/mol. The van der Waals surface area contributed by atoms with Crippen LogP contribution in [0.25, 0.3) is 5.65 Å². The first-order chi connectivity index (χ1) is 9.29. The Morgan fingerprint density at radius 1 is 1.37 bits per heavy atom. The molecule has 0 spiro atoms. The van der Waals surface area contributed by atoms with Gasteiger partial charge in [-0.2, -0.15) is 4.98 Å². The van der Waals surface area contributed by atoms with Crippen molar-refractivity contribution in [2.75, 3.05) is 24.5 Å². The van der Waals surface area contributed by atoms with E-state index in [2.05, 4.69) is 39.4 Å². The highest BCUT2D eigenvalue weighted by molar-refractivity contribution is 5.47. The maximum atomic E-state index is 4.66. The molecule has 0 amide bonds. The van der Waals surface area contributed by atoms with Crippen LogP contribution >= 0.6 is 0 Å². The number of aromatic nitrogens is 3. The van der Waals surface area contributed by atoms with Gasteiger partial charge in [-0.3, -0.25) is 0 Å². The molecule has 0 aliphatic carbocycles. The van der Waals surface area contributed by atoms with E-state index in [-0.39, 0.29) is 0 Å². The van der Waals surface area contributed by atoms with Crippen molar-refractivity contribution in [1.29, 1.82) is 0 Å². The number of nitrogens with zero attached hydrogens (tertiary/aromatic N) is 4. The van der Waals surface area contributed by atoms with Gasteiger partial charge in [0.15, 0.2) is 5.65 Å². The normalized spacial score (nSPS) is 26.9. The molecule has 1 N–H and O–H groups in total. The molecule has 0 radical (unpaired) electrons. The van der Waals surface area contributed by atoms with Crippen LogP contribution in [0.4, 0.5) is 5.95 Å². The lowest BCUT2D eigenvalue weighted by Gasteiger charge is -2.24. The molecule has 5 nitrogen and oxygen atoms in total. The molecule has 2 fully saturated rings. The fourth-order valence-electron chi connectivity index (χ4n) is 3.32. The van der Waals surface area contributed by atoms with Gasteiger partial charge in [0.2, 0.25) is 5.95 Å². The minimum Gasteiger partial charge on any atom is -0.338 e. The number of fused-ring (bicyclic) bond motifs is 2. The number of piperidine rings is 1. The SMILES string of the molecule is Cc1ccn2nc(N3CC4CCCNC4C3)nc2c1. The van der Waals surface area contributed by atoms with Gasteiger partial charge in [-0.1, -0.05) is 0 Å². The van der Waals surface area contributed by atoms with E-state index in [0.29, 0.717) is 6.04 Å². The largest absolute Gasteiger partial charge is 0.338 e. The summed E-state index contributed by atoms with van der Waals surface area (Å²) in [6, 6.07) is 4.77. The summed E-state index contributed by atoms with van der Waals surface area (Å²) in [7, 11) is 0. The third kappa shape index (κ3) is 1.89. The molecule has 2 aliphatic heterocycles. The van der Waals surface area contributed by atoms with Crippen LogP contribution in [0.15, 0.2) is 18.3 Å². The molecule has 100 valence electrons. The van der Waals surface area contributed by atoms with Crippen LogP contribution < -0.4 is 10.2 Å². The summed E-state index contributed by atoms with van der Waals surface area (Å²) in [4.78, 5) is 6.99. The van der Waals surface area contributed by atoms with Gasteiger partial charge >= 0.3 is 0 Å². The van der Waals surface area contributed by atoms with Gasteiger partial charge in [-0.15, -0.1) is 5.10 Å². The number of aryl methyl sites for hydroxylation is 1. The Hall–Kier alpha value is -1.62. The molecule has 2 saturated heterocycles. The Kier molecular flexibility index (Phi) is 2.48. The van der Waals surface area contributed by atoms with E-state index in [0.717, 1.165) is 37.1 Å². The topological polar surface area (TPSA) is 45.5 Å². The van der Waals surface area contributed by atoms with Crippen molar-refractivity contribution in [2.45, 2.75) is 25.8 Å². The summed E-state index contributed by atoms with van der Waals surface area (Å²) in [5.41, 5.74) is 2.17. The van der Waals surface area contributed by atoms with Gasteiger partial charge in [0, 0.05) is 25.3 Å². The smallest absolute Gasteiger partial charge is 0.245 e.